The van der Waals surface area contributed by atoms with Gasteiger partial charge in [-0.25, -0.2) is 0 Å². The fourth-order valence-electron chi connectivity index (χ4n) is 0. The quantitative estimate of drug-likeness (QED) is 0.349. The van der Waals surface area contributed by atoms with E-state index in [0.717, 1.165) is 0 Å². The van der Waals surface area contributed by atoms with Crippen LogP contribution in [0.2, 0.25) is 0 Å². The summed E-state index contributed by atoms with van der Waals surface area (Å²) in [6.45, 7) is 4.00. The molecule has 0 amide bonds. The molecule has 4 heteroatoms. The first kappa shape index (κ1) is 9.44. The average molecular weight is 109 g/mol. The molecule has 3 nitrogen and oxygen atoms in total. The first-order valence-corrected chi connectivity index (χ1v) is 3.01. The summed E-state index contributed by atoms with van der Waals surface area (Å²) in [5, 5.41) is 0. The smallest absolute Gasteiger partial charge is 0.388 e. The van der Waals surface area contributed by atoms with Crippen LogP contribution in [0.4, 0.5) is 0 Å². The maximum atomic E-state index is 7.27. The largest absolute Gasteiger partial charge is 0.569 e. The fraction of sp³-hybridized carbons (Fsp3) is 1.00. The molecule has 0 saturated heterocycles. The maximum Gasteiger partial charge on any atom is 0.569 e. The van der Waals surface area contributed by atoms with Gasteiger partial charge in [0.2, 0.25) is 0 Å². The Balaban J connectivity index is 0. The van der Waals surface area contributed by atoms with Crippen molar-refractivity contribution in [2.24, 2.45) is 0 Å². The van der Waals surface area contributed by atoms with Crippen LogP contribution >= 0.6 is 0 Å². The predicted molar refractivity (Wildman–Crippen MR) is 23.8 cm³/mol. The third-order valence-corrected chi connectivity index (χ3v) is 0. The van der Waals surface area contributed by atoms with E-state index >= 15 is 0 Å². The molecule has 0 fully saturated rings. The zero-order chi connectivity index (χ0) is 5.58. The van der Waals surface area contributed by atoms with Crippen LogP contribution < -0.4 is 0 Å². The number of hydrogen-bond acceptors (Lipinski definition) is 3. The molecule has 6 heavy (non-hydrogen) atoms. The highest BCUT2D eigenvalue weighted by Crippen LogP contribution is 1.40. The SMILES string of the molecule is CC.O[Si](O)O. The normalized spacial score (nSPS) is 7.00. The Bertz CT molecular complexity index is 13.5. The molecule has 1 radical (unpaired) electrons. The molecule has 0 aromatic rings. The third-order valence-electron chi connectivity index (χ3n) is 0. The lowest BCUT2D eigenvalue weighted by Crippen LogP contribution is -2.07. The molecule has 3 N–H and O–H groups in total. The minimum Gasteiger partial charge on any atom is -0.388 e. The van der Waals surface area contributed by atoms with E-state index in [0.29, 0.717) is 0 Å². The lowest BCUT2D eigenvalue weighted by Gasteiger charge is -1.71. The monoisotopic (exact) mass is 109 g/mol. The molecule has 0 aromatic carbocycles. The van der Waals surface area contributed by atoms with E-state index in [1.165, 1.54) is 0 Å². The van der Waals surface area contributed by atoms with Gasteiger partial charge in [-0.15, -0.1) is 0 Å². The minimum atomic E-state index is -2.88. The first-order chi connectivity index (χ1) is 2.73. The second-order valence-corrected chi connectivity index (χ2v) is 0.900. The van der Waals surface area contributed by atoms with Gasteiger partial charge in [-0.1, -0.05) is 13.8 Å². The van der Waals surface area contributed by atoms with Crippen molar-refractivity contribution in [1.29, 1.82) is 0 Å². The van der Waals surface area contributed by atoms with Crippen molar-refractivity contribution in [3.8, 4) is 0 Å². The molecule has 0 saturated carbocycles. The molecule has 0 aromatic heterocycles. The van der Waals surface area contributed by atoms with Crippen LogP contribution in [0, 0.1) is 0 Å². The Morgan fingerprint density at radius 1 is 1.00 bits per heavy atom. The summed E-state index contributed by atoms with van der Waals surface area (Å²) in [7, 11) is -2.88. The lowest BCUT2D eigenvalue weighted by molar-refractivity contribution is 0.278. The van der Waals surface area contributed by atoms with Gasteiger partial charge in [-0.2, -0.15) is 0 Å². The third kappa shape index (κ3) is 4190. The molecule has 0 bridgehead atoms. The molecule has 39 valence electrons. The van der Waals surface area contributed by atoms with Gasteiger partial charge >= 0.3 is 9.53 Å². The van der Waals surface area contributed by atoms with Crippen LogP contribution in [0.1, 0.15) is 13.8 Å². The lowest BCUT2D eigenvalue weighted by atomic mass is 11.0. The number of hydrogen-bond donors (Lipinski definition) is 3. The van der Waals surface area contributed by atoms with Gasteiger partial charge in [0.1, 0.15) is 0 Å². The van der Waals surface area contributed by atoms with E-state index in [-0.39, 0.29) is 0 Å². The van der Waals surface area contributed by atoms with Crippen molar-refractivity contribution in [2.75, 3.05) is 0 Å². The van der Waals surface area contributed by atoms with Crippen LogP contribution in [0.3, 0.4) is 0 Å². The van der Waals surface area contributed by atoms with Crippen molar-refractivity contribution < 1.29 is 14.4 Å². The van der Waals surface area contributed by atoms with Crippen molar-refractivity contribution in [2.45, 2.75) is 13.8 Å². The highest BCUT2D eigenvalue weighted by molar-refractivity contribution is 6.30. The van der Waals surface area contributed by atoms with Crippen LogP contribution in [-0.2, 0) is 0 Å². The molecule has 0 atom stereocenters. The summed E-state index contributed by atoms with van der Waals surface area (Å²) < 4.78 is 0. The van der Waals surface area contributed by atoms with Crippen molar-refractivity contribution >= 4 is 9.53 Å². The van der Waals surface area contributed by atoms with Gasteiger partial charge < -0.3 is 14.4 Å². The highest BCUT2D eigenvalue weighted by atomic mass is 28.3. The molecule has 0 spiro atoms. The van der Waals surface area contributed by atoms with Crippen LogP contribution in [0.5, 0.6) is 0 Å². The molecular formula is C2H9O3Si. The Labute approximate surface area is 38.8 Å². The number of rotatable bonds is 0. The highest BCUT2D eigenvalue weighted by Gasteiger charge is 1.89. The molecule has 0 aliphatic carbocycles. The maximum absolute atomic E-state index is 7.27. The van der Waals surface area contributed by atoms with Gasteiger partial charge in [0.25, 0.3) is 0 Å². The zero-order valence-corrected chi connectivity index (χ0v) is 4.84. The van der Waals surface area contributed by atoms with E-state index in [1.54, 1.807) is 0 Å². The van der Waals surface area contributed by atoms with Crippen molar-refractivity contribution in [3.63, 3.8) is 0 Å². The van der Waals surface area contributed by atoms with Gasteiger partial charge in [0.05, 0.1) is 0 Å². The topological polar surface area (TPSA) is 60.7 Å². The second-order valence-electron chi connectivity index (χ2n) is 0.300. The van der Waals surface area contributed by atoms with E-state index in [2.05, 4.69) is 0 Å². The molecule has 0 aliphatic heterocycles. The minimum absolute atomic E-state index is 2.00. The van der Waals surface area contributed by atoms with Gasteiger partial charge in [0, 0.05) is 0 Å². The molecule has 0 heterocycles. The standard InChI is InChI=1S/C2H6.H3O3Si/c1-2;1-4(2)3/h1-2H3;1-3H. The predicted octanol–water partition coefficient (Wildman–Crippen LogP) is -1.03. The van der Waals surface area contributed by atoms with E-state index in [1.807, 2.05) is 13.8 Å². The summed E-state index contributed by atoms with van der Waals surface area (Å²) in [5.41, 5.74) is 0. The summed E-state index contributed by atoms with van der Waals surface area (Å²) in [5.74, 6) is 0. The Morgan fingerprint density at radius 2 is 1.00 bits per heavy atom. The zero-order valence-electron chi connectivity index (χ0n) is 3.84. The Kier molecular flexibility index (Phi) is 14.0. The summed E-state index contributed by atoms with van der Waals surface area (Å²) in [6.07, 6.45) is 0. The van der Waals surface area contributed by atoms with Crippen LogP contribution in [-0.4, -0.2) is 23.9 Å². The molecule has 0 unspecified atom stereocenters. The van der Waals surface area contributed by atoms with E-state index in [4.69, 9.17) is 14.4 Å². The van der Waals surface area contributed by atoms with Gasteiger partial charge in [0.15, 0.2) is 0 Å². The summed E-state index contributed by atoms with van der Waals surface area (Å²) in [4.78, 5) is 21.8. The van der Waals surface area contributed by atoms with E-state index in [9.17, 15) is 0 Å². The molecule has 0 aliphatic rings. The van der Waals surface area contributed by atoms with Gasteiger partial charge in [-0.05, 0) is 0 Å². The fourth-order valence-corrected chi connectivity index (χ4v) is 0. The van der Waals surface area contributed by atoms with Gasteiger partial charge in [-0.3, -0.25) is 0 Å². The van der Waals surface area contributed by atoms with Crippen molar-refractivity contribution in [3.05, 3.63) is 0 Å². The van der Waals surface area contributed by atoms with Crippen LogP contribution in [0.15, 0.2) is 0 Å². The molecule has 0 rings (SSSR count). The second kappa shape index (κ2) is 8.92. The van der Waals surface area contributed by atoms with Crippen LogP contribution in [0.25, 0.3) is 0 Å². The average Bonchev–Trinajstić information content (AvgIpc) is 1.41. The Hall–Kier alpha value is 0.0969. The van der Waals surface area contributed by atoms with E-state index < -0.39 is 9.53 Å². The summed E-state index contributed by atoms with van der Waals surface area (Å²) >= 11 is 0. The molecular weight excluding hydrogens is 100 g/mol. The van der Waals surface area contributed by atoms with Crippen molar-refractivity contribution in [1.82, 2.24) is 0 Å². The summed E-state index contributed by atoms with van der Waals surface area (Å²) in [6, 6.07) is 0. The Morgan fingerprint density at radius 3 is 1.00 bits per heavy atom. The first-order valence-electron chi connectivity index (χ1n) is 1.67.